The lowest BCUT2D eigenvalue weighted by Crippen LogP contribution is -2.42. The number of hydrogen-bond acceptors (Lipinski definition) is 6. The number of carboxylic acids is 1. The summed E-state index contributed by atoms with van der Waals surface area (Å²) in [5.74, 6) is -1.50. The van der Waals surface area contributed by atoms with E-state index in [4.69, 9.17) is 9.47 Å². The Bertz CT molecular complexity index is 1300. The van der Waals surface area contributed by atoms with Gasteiger partial charge in [0.1, 0.15) is 17.5 Å². The monoisotopic (exact) mass is 560 g/mol. The number of nitrogens with one attached hydrogen (secondary N) is 2. The number of aliphatic carboxylic acids is 1. The zero-order chi connectivity index (χ0) is 29.6. The number of amides is 2. The molecule has 3 aromatic rings. The molecular formula is C32H36N2O7. The molecule has 3 N–H and O–H groups in total. The van der Waals surface area contributed by atoms with Gasteiger partial charge in [0.25, 0.3) is 5.91 Å². The number of carbonyl (C=O) groups is 4. The molecule has 0 aliphatic carbocycles. The predicted octanol–water partition coefficient (Wildman–Crippen LogP) is 5.64. The van der Waals surface area contributed by atoms with Gasteiger partial charge in [-0.3, -0.25) is 9.59 Å². The van der Waals surface area contributed by atoms with Crippen molar-refractivity contribution in [2.75, 3.05) is 11.9 Å². The first-order chi connectivity index (χ1) is 19.7. The van der Waals surface area contributed by atoms with E-state index in [-0.39, 0.29) is 17.9 Å². The van der Waals surface area contributed by atoms with Crippen LogP contribution in [-0.4, -0.2) is 41.5 Å². The van der Waals surface area contributed by atoms with E-state index in [9.17, 15) is 24.3 Å². The van der Waals surface area contributed by atoms with Crippen LogP contribution in [0.25, 0.3) is 0 Å². The van der Waals surface area contributed by atoms with Crippen molar-refractivity contribution in [2.45, 2.75) is 58.4 Å². The minimum absolute atomic E-state index is 0.0271. The molecule has 9 nitrogen and oxygen atoms in total. The SMILES string of the molecule is CCCCCCCOc1ccc(C(=O)Oc2ccc(CC(NC(=O)c3ccc(NC(C)=O)cc3)C(=O)O)cc2)cc1. The van der Waals surface area contributed by atoms with Crippen molar-refractivity contribution in [1.29, 1.82) is 0 Å². The summed E-state index contributed by atoms with van der Waals surface area (Å²) in [6.07, 6.45) is 5.81. The van der Waals surface area contributed by atoms with Gasteiger partial charge in [-0.1, -0.05) is 44.7 Å². The Hall–Kier alpha value is -4.66. The van der Waals surface area contributed by atoms with Crippen molar-refractivity contribution in [3.63, 3.8) is 0 Å². The third-order valence-corrected chi connectivity index (χ3v) is 6.25. The number of esters is 1. The molecule has 0 aliphatic rings. The fourth-order valence-electron chi connectivity index (χ4n) is 4.03. The fraction of sp³-hybridized carbons (Fsp3) is 0.312. The molecule has 0 fully saturated rings. The van der Waals surface area contributed by atoms with Gasteiger partial charge in [0, 0.05) is 24.6 Å². The minimum Gasteiger partial charge on any atom is -0.494 e. The molecule has 0 bridgehead atoms. The van der Waals surface area contributed by atoms with Crippen molar-refractivity contribution in [3.8, 4) is 11.5 Å². The van der Waals surface area contributed by atoms with Crippen LogP contribution in [0, 0.1) is 0 Å². The summed E-state index contributed by atoms with van der Waals surface area (Å²) in [6, 6.07) is 18.2. The van der Waals surface area contributed by atoms with E-state index in [2.05, 4.69) is 17.6 Å². The third kappa shape index (κ3) is 10.4. The van der Waals surface area contributed by atoms with E-state index in [0.717, 1.165) is 12.8 Å². The topological polar surface area (TPSA) is 131 Å². The number of benzene rings is 3. The molecule has 3 aromatic carbocycles. The zero-order valence-corrected chi connectivity index (χ0v) is 23.4. The summed E-state index contributed by atoms with van der Waals surface area (Å²) >= 11 is 0. The van der Waals surface area contributed by atoms with Crippen molar-refractivity contribution < 1.29 is 33.8 Å². The molecule has 2 amide bonds. The van der Waals surface area contributed by atoms with E-state index >= 15 is 0 Å². The van der Waals surface area contributed by atoms with Crippen LogP contribution in [0.4, 0.5) is 5.69 Å². The Morgan fingerprint density at radius 1 is 0.780 bits per heavy atom. The van der Waals surface area contributed by atoms with Crippen LogP contribution in [-0.2, 0) is 16.0 Å². The van der Waals surface area contributed by atoms with Crippen LogP contribution in [0.5, 0.6) is 11.5 Å². The number of carboxylic acid groups (broad SMARTS) is 1. The molecule has 0 saturated carbocycles. The van der Waals surface area contributed by atoms with Gasteiger partial charge in [0.05, 0.1) is 12.2 Å². The first-order valence-electron chi connectivity index (χ1n) is 13.7. The van der Waals surface area contributed by atoms with Crippen LogP contribution in [0.15, 0.2) is 72.8 Å². The van der Waals surface area contributed by atoms with Crippen molar-refractivity contribution in [3.05, 3.63) is 89.5 Å². The van der Waals surface area contributed by atoms with Gasteiger partial charge in [0.15, 0.2) is 0 Å². The second kappa shape index (κ2) is 15.8. The van der Waals surface area contributed by atoms with Gasteiger partial charge >= 0.3 is 11.9 Å². The van der Waals surface area contributed by atoms with Crippen LogP contribution in [0.1, 0.15) is 72.2 Å². The molecule has 0 aromatic heterocycles. The third-order valence-electron chi connectivity index (χ3n) is 6.25. The Morgan fingerprint density at radius 2 is 1.39 bits per heavy atom. The Kier molecular flexibility index (Phi) is 11.9. The van der Waals surface area contributed by atoms with Gasteiger partial charge in [0.2, 0.25) is 5.91 Å². The highest BCUT2D eigenvalue weighted by Crippen LogP contribution is 2.18. The lowest BCUT2D eigenvalue weighted by molar-refractivity contribution is -0.139. The maximum Gasteiger partial charge on any atom is 0.343 e. The Balaban J connectivity index is 1.50. The van der Waals surface area contributed by atoms with Crippen LogP contribution >= 0.6 is 0 Å². The van der Waals surface area contributed by atoms with Crippen molar-refractivity contribution >= 4 is 29.4 Å². The normalized spacial score (nSPS) is 11.3. The molecule has 0 saturated heterocycles. The van der Waals surface area contributed by atoms with E-state index in [0.29, 0.717) is 34.9 Å². The standard InChI is InChI=1S/C32H36N2O7/c1-3-4-5-6-7-20-40-27-18-12-25(13-19-27)32(39)41-28-16-8-23(9-17-28)21-29(31(37)38)34-30(36)24-10-14-26(15-11-24)33-22(2)35/h8-19,29H,3-7,20-21H2,1-2H3,(H,33,35)(H,34,36)(H,37,38). The lowest BCUT2D eigenvalue weighted by Gasteiger charge is -2.15. The van der Waals surface area contributed by atoms with Crippen molar-refractivity contribution in [1.82, 2.24) is 5.32 Å². The molecule has 0 aliphatic heterocycles. The van der Waals surface area contributed by atoms with E-state index < -0.39 is 23.9 Å². The number of carbonyl (C=O) groups excluding carboxylic acids is 3. The number of hydrogen-bond donors (Lipinski definition) is 3. The van der Waals surface area contributed by atoms with Crippen LogP contribution < -0.4 is 20.1 Å². The highest BCUT2D eigenvalue weighted by molar-refractivity contribution is 5.97. The Morgan fingerprint density at radius 3 is 2.00 bits per heavy atom. The second-order valence-corrected chi connectivity index (χ2v) is 9.65. The summed E-state index contributed by atoms with van der Waals surface area (Å²) in [6.45, 7) is 4.19. The van der Waals surface area contributed by atoms with E-state index in [1.54, 1.807) is 60.7 Å². The minimum atomic E-state index is -1.19. The molecule has 1 atom stereocenters. The van der Waals surface area contributed by atoms with Crippen LogP contribution in [0.3, 0.4) is 0 Å². The molecule has 3 rings (SSSR count). The van der Waals surface area contributed by atoms with Gasteiger partial charge in [-0.25, -0.2) is 9.59 Å². The van der Waals surface area contributed by atoms with Gasteiger partial charge in [-0.2, -0.15) is 0 Å². The Labute approximate surface area is 239 Å². The molecule has 216 valence electrons. The summed E-state index contributed by atoms with van der Waals surface area (Å²) < 4.78 is 11.2. The van der Waals surface area contributed by atoms with Crippen LogP contribution in [0.2, 0.25) is 0 Å². The van der Waals surface area contributed by atoms with Gasteiger partial charge in [-0.15, -0.1) is 0 Å². The van der Waals surface area contributed by atoms with Crippen molar-refractivity contribution in [2.24, 2.45) is 0 Å². The maximum absolute atomic E-state index is 12.6. The molecule has 41 heavy (non-hydrogen) atoms. The smallest absolute Gasteiger partial charge is 0.343 e. The van der Waals surface area contributed by atoms with E-state index in [1.807, 2.05) is 0 Å². The summed E-state index contributed by atoms with van der Waals surface area (Å²) in [4.78, 5) is 48.1. The highest BCUT2D eigenvalue weighted by atomic mass is 16.5. The molecule has 0 radical (unpaired) electrons. The number of anilines is 1. The summed E-state index contributed by atoms with van der Waals surface area (Å²) in [5, 5.41) is 14.8. The highest BCUT2D eigenvalue weighted by Gasteiger charge is 2.21. The largest absolute Gasteiger partial charge is 0.494 e. The fourth-order valence-corrected chi connectivity index (χ4v) is 4.03. The summed E-state index contributed by atoms with van der Waals surface area (Å²) in [7, 11) is 0. The van der Waals surface area contributed by atoms with Gasteiger partial charge in [-0.05, 0) is 72.6 Å². The first-order valence-corrected chi connectivity index (χ1v) is 13.7. The maximum atomic E-state index is 12.6. The summed E-state index contributed by atoms with van der Waals surface area (Å²) in [5.41, 5.74) is 1.80. The first kappa shape index (κ1) is 30.9. The molecule has 0 heterocycles. The second-order valence-electron chi connectivity index (χ2n) is 9.65. The van der Waals surface area contributed by atoms with E-state index in [1.165, 1.54) is 38.3 Å². The molecule has 9 heteroatoms. The number of ether oxygens (including phenoxy) is 2. The number of rotatable bonds is 15. The molecule has 0 spiro atoms. The van der Waals surface area contributed by atoms with Gasteiger partial charge < -0.3 is 25.2 Å². The average molecular weight is 561 g/mol. The zero-order valence-electron chi connectivity index (χ0n) is 23.4. The molecule has 1 unspecified atom stereocenters. The predicted molar refractivity (Wildman–Crippen MR) is 155 cm³/mol. The lowest BCUT2D eigenvalue weighted by atomic mass is 10.0. The number of unbranched alkanes of at least 4 members (excludes halogenated alkanes) is 4. The average Bonchev–Trinajstić information content (AvgIpc) is 2.95. The quantitative estimate of drug-likeness (QED) is 0.125. The molecular weight excluding hydrogens is 524 g/mol.